The fourth-order valence-electron chi connectivity index (χ4n) is 3.92. The summed E-state index contributed by atoms with van der Waals surface area (Å²) >= 11 is 0. The highest BCUT2D eigenvalue weighted by Crippen LogP contribution is 2.25. The Labute approximate surface area is 207 Å². The van der Waals surface area contributed by atoms with E-state index in [1.54, 1.807) is 24.3 Å². The SMILES string of the molecule is CCc1ccc(-c2ccc(S(=O)(=O)C(CCn3nnc4cc(OC)ccc4c3=O)C(=O)O)cc2)cc1. The number of sulfone groups is 1. The van der Waals surface area contributed by atoms with Gasteiger partial charge in [0.25, 0.3) is 5.56 Å². The largest absolute Gasteiger partial charge is 0.497 e. The Kier molecular flexibility index (Phi) is 7.16. The van der Waals surface area contributed by atoms with Crippen molar-refractivity contribution in [1.29, 1.82) is 0 Å². The molecule has 0 spiro atoms. The maximum absolute atomic E-state index is 13.2. The van der Waals surface area contributed by atoms with Gasteiger partial charge in [-0.25, -0.2) is 13.1 Å². The fraction of sp³-hybridized carbons (Fsp3) is 0.231. The molecule has 0 aliphatic rings. The fourth-order valence-corrected chi connectivity index (χ4v) is 5.44. The molecular weight excluding hydrogens is 482 g/mol. The third kappa shape index (κ3) is 4.99. The third-order valence-electron chi connectivity index (χ3n) is 6.06. The van der Waals surface area contributed by atoms with E-state index >= 15 is 0 Å². The Bertz CT molecular complexity index is 1560. The number of aryl methyl sites for hydroxylation is 2. The lowest BCUT2D eigenvalue weighted by molar-refractivity contribution is -0.136. The van der Waals surface area contributed by atoms with Crippen LogP contribution in [0.2, 0.25) is 0 Å². The molecular formula is C26H25N3O6S. The smallest absolute Gasteiger partial charge is 0.322 e. The van der Waals surface area contributed by atoms with Crippen molar-refractivity contribution in [1.82, 2.24) is 15.0 Å². The van der Waals surface area contributed by atoms with Gasteiger partial charge in [-0.15, -0.1) is 5.10 Å². The van der Waals surface area contributed by atoms with Crippen molar-refractivity contribution >= 4 is 26.7 Å². The molecule has 1 aromatic heterocycles. The van der Waals surface area contributed by atoms with Crippen LogP contribution in [0.15, 0.2) is 76.4 Å². The van der Waals surface area contributed by atoms with Crippen LogP contribution in [-0.2, 0) is 27.6 Å². The van der Waals surface area contributed by atoms with E-state index < -0.39 is 26.6 Å². The van der Waals surface area contributed by atoms with E-state index in [0.29, 0.717) is 11.3 Å². The number of carboxylic acids is 1. The van der Waals surface area contributed by atoms with Gasteiger partial charge < -0.3 is 9.84 Å². The molecule has 10 heteroatoms. The van der Waals surface area contributed by atoms with Crippen LogP contribution in [0.5, 0.6) is 5.75 Å². The zero-order chi connectivity index (χ0) is 25.9. The number of fused-ring (bicyclic) bond motifs is 1. The molecule has 1 N–H and O–H groups in total. The van der Waals surface area contributed by atoms with Gasteiger partial charge in [0.05, 0.1) is 17.4 Å². The minimum absolute atomic E-state index is 0.104. The van der Waals surface area contributed by atoms with Crippen LogP contribution in [-0.4, -0.2) is 46.8 Å². The predicted octanol–water partition coefficient (Wildman–Crippen LogP) is 3.35. The van der Waals surface area contributed by atoms with E-state index in [9.17, 15) is 23.1 Å². The number of hydrogen-bond donors (Lipinski definition) is 1. The third-order valence-corrected chi connectivity index (χ3v) is 8.18. The van der Waals surface area contributed by atoms with Crippen molar-refractivity contribution in [3.63, 3.8) is 0 Å². The summed E-state index contributed by atoms with van der Waals surface area (Å²) in [7, 11) is -2.74. The number of hydrogen-bond acceptors (Lipinski definition) is 7. The second-order valence-corrected chi connectivity index (χ2v) is 10.4. The summed E-state index contributed by atoms with van der Waals surface area (Å²) in [4.78, 5) is 24.6. The Morgan fingerprint density at radius 2 is 1.67 bits per heavy atom. The molecule has 0 aliphatic carbocycles. The Morgan fingerprint density at radius 1 is 1.03 bits per heavy atom. The summed E-state index contributed by atoms with van der Waals surface area (Å²) in [5.41, 5.74) is 2.76. The van der Waals surface area contributed by atoms with Gasteiger partial charge in [0.2, 0.25) is 0 Å². The van der Waals surface area contributed by atoms with E-state index in [-0.39, 0.29) is 23.2 Å². The van der Waals surface area contributed by atoms with Gasteiger partial charge in [0.15, 0.2) is 15.1 Å². The maximum Gasteiger partial charge on any atom is 0.322 e. The molecule has 1 heterocycles. The first-order chi connectivity index (χ1) is 17.2. The van der Waals surface area contributed by atoms with Crippen molar-refractivity contribution in [2.24, 2.45) is 0 Å². The van der Waals surface area contributed by atoms with E-state index in [1.165, 1.54) is 30.9 Å². The van der Waals surface area contributed by atoms with Gasteiger partial charge in [0.1, 0.15) is 11.3 Å². The summed E-state index contributed by atoms with van der Waals surface area (Å²) in [6.45, 7) is 1.83. The Hall–Kier alpha value is -4.05. The number of rotatable bonds is 9. The molecule has 1 atom stereocenters. The lowest BCUT2D eigenvalue weighted by Gasteiger charge is -2.14. The molecule has 0 fully saturated rings. The number of aliphatic carboxylic acids is 1. The van der Waals surface area contributed by atoms with Crippen LogP contribution in [0.4, 0.5) is 0 Å². The van der Waals surface area contributed by atoms with Crippen molar-refractivity contribution < 1.29 is 23.1 Å². The maximum atomic E-state index is 13.2. The summed E-state index contributed by atoms with van der Waals surface area (Å²) < 4.78 is 32.4. The van der Waals surface area contributed by atoms with Gasteiger partial charge in [-0.05, 0) is 53.8 Å². The molecule has 186 valence electrons. The van der Waals surface area contributed by atoms with Crippen LogP contribution < -0.4 is 10.3 Å². The quantitative estimate of drug-likeness (QED) is 0.365. The molecule has 0 amide bonds. The zero-order valence-electron chi connectivity index (χ0n) is 19.8. The molecule has 0 saturated heterocycles. The van der Waals surface area contributed by atoms with Gasteiger partial charge in [-0.2, -0.15) is 0 Å². The van der Waals surface area contributed by atoms with Crippen LogP contribution in [0.25, 0.3) is 22.0 Å². The average molecular weight is 508 g/mol. The summed E-state index contributed by atoms with van der Waals surface area (Å²) in [6, 6.07) is 18.7. The van der Waals surface area contributed by atoms with Crippen molar-refractivity contribution in [3.8, 4) is 16.9 Å². The first kappa shape index (κ1) is 25.1. The van der Waals surface area contributed by atoms with Gasteiger partial charge in [-0.3, -0.25) is 9.59 Å². The van der Waals surface area contributed by atoms with Gasteiger partial charge in [-0.1, -0.05) is 48.5 Å². The lowest BCUT2D eigenvalue weighted by Crippen LogP contribution is -2.34. The van der Waals surface area contributed by atoms with Crippen molar-refractivity contribution in [2.75, 3.05) is 7.11 Å². The first-order valence-corrected chi connectivity index (χ1v) is 12.9. The Balaban J connectivity index is 1.56. The second-order valence-electron chi connectivity index (χ2n) is 8.24. The molecule has 1 unspecified atom stereocenters. The standard InChI is InChI=1S/C26H25N3O6S/c1-3-17-4-6-18(7-5-17)19-8-11-21(12-9-19)36(33,34)24(26(31)32)14-15-29-25(30)22-13-10-20(35-2)16-23(22)27-28-29/h4-13,16,24H,3,14-15H2,1-2H3,(H,31,32). The lowest BCUT2D eigenvalue weighted by atomic mass is 10.0. The molecule has 9 nitrogen and oxygen atoms in total. The van der Waals surface area contributed by atoms with Crippen molar-refractivity contribution in [2.45, 2.75) is 36.5 Å². The normalized spacial score (nSPS) is 12.4. The van der Waals surface area contributed by atoms with Gasteiger partial charge >= 0.3 is 5.97 Å². The first-order valence-electron chi connectivity index (χ1n) is 11.3. The molecule has 0 aliphatic heterocycles. The summed E-state index contributed by atoms with van der Waals surface area (Å²) in [5, 5.41) is 16.0. The van der Waals surface area contributed by atoms with Gasteiger partial charge in [0, 0.05) is 12.6 Å². The Morgan fingerprint density at radius 3 is 2.25 bits per heavy atom. The minimum Gasteiger partial charge on any atom is -0.497 e. The number of carboxylic acid groups (broad SMARTS) is 1. The number of methoxy groups -OCH3 is 1. The van der Waals surface area contributed by atoms with Crippen molar-refractivity contribution in [3.05, 3.63) is 82.6 Å². The molecule has 4 aromatic rings. The number of aromatic nitrogens is 3. The average Bonchev–Trinajstić information content (AvgIpc) is 2.89. The topological polar surface area (TPSA) is 128 Å². The molecule has 0 bridgehead atoms. The highest BCUT2D eigenvalue weighted by Gasteiger charge is 2.34. The predicted molar refractivity (Wildman–Crippen MR) is 135 cm³/mol. The second kappa shape index (κ2) is 10.3. The number of ether oxygens (including phenoxy) is 1. The highest BCUT2D eigenvalue weighted by atomic mass is 32.2. The van der Waals surface area contributed by atoms with E-state index in [4.69, 9.17) is 4.74 Å². The van der Waals surface area contributed by atoms with Crippen LogP contribution in [0, 0.1) is 0 Å². The molecule has 0 saturated carbocycles. The zero-order valence-corrected chi connectivity index (χ0v) is 20.6. The molecule has 0 radical (unpaired) electrons. The summed E-state index contributed by atoms with van der Waals surface area (Å²) in [6.07, 6.45) is 0.563. The number of nitrogens with zero attached hydrogens (tertiary/aromatic N) is 3. The van der Waals surface area contributed by atoms with Crippen LogP contribution >= 0.6 is 0 Å². The molecule has 36 heavy (non-hydrogen) atoms. The number of carbonyl (C=O) groups is 1. The van der Waals surface area contributed by atoms with E-state index in [2.05, 4.69) is 17.2 Å². The van der Waals surface area contributed by atoms with E-state index in [0.717, 1.165) is 22.2 Å². The highest BCUT2D eigenvalue weighted by molar-refractivity contribution is 7.92. The minimum atomic E-state index is -4.22. The summed E-state index contributed by atoms with van der Waals surface area (Å²) in [5.74, 6) is -0.990. The van der Waals surface area contributed by atoms with Crippen LogP contribution in [0.1, 0.15) is 18.9 Å². The number of benzene rings is 3. The monoisotopic (exact) mass is 507 g/mol. The van der Waals surface area contributed by atoms with Crippen LogP contribution in [0.3, 0.4) is 0 Å². The molecule has 3 aromatic carbocycles. The van der Waals surface area contributed by atoms with E-state index in [1.807, 2.05) is 24.3 Å². The molecule has 4 rings (SSSR count).